The Balaban J connectivity index is 1.45. The molecule has 160 valence electrons. The van der Waals surface area contributed by atoms with Gasteiger partial charge in [-0.1, -0.05) is 58.6 Å². The van der Waals surface area contributed by atoms with Gasteiger partial charge in [0.1, 0.15) is 0 Å². The van der Waals surface area contributed by atoms with E-state index in [0.29, 0.717) is 10.8 Å². The lowest BCUT2D eigenvalue weighted by Crippen LogP contribution is -2.50. The molecule has 4 aliphatic carbocycles. The van der Waals surface area contributed by atoms with Crippen molar-refractivity contribution in [3.8, 4) is 0 Å². The molecule has 7 unspecified atom stereocenters. The molecule has 0 saturated heterocycles. The Labute approximate surface area is 174 Å². The number of fused-ring (bicyclic) bond motifs is 5. The van der Waals surface area contributed by atoms with Gasteiger partial charge in [-0.3, -0.25) is 0 Å². The van der Waals surface area contributed by atoms with Crippen LogP contribution < -0.4 is 5.90 Å². The van der Waals surface area contributed by atoms with Gasteiger partial charge in [0.25, 0.3) is 0 Å². The first-order chi connectivity index (χ1) is 13.4. The Kier molecular flexibility index (Phi) is 6.02. The minimum Gasteiger partial charge on any atom is -0.301 e. The summed E-state index contributed by atoms with van der Waals surface area (Å²) in [6.45, 7) is 10.0. The summed E-state index contributed by atoms with van der Waals surface area (Å²) in [6, 6.07) is 0. The fourth-order valence-corrected chi connectivity index (χ4v) is 8.27. The van der Waals surface area contributed by atoms with Gasteiger partial charge in [0.05, 0.1) is 6.10 Å². The summed E-state index contributed by atoms with van der Waals surface area (Å²) in [5.41, 5.74) is 2.73. The van der Waals surface area contributed by atoms with Gasteiger partial charge in [-0.25, -0.2) is 5.90 Å². The second kappa shape index (κ2) is 8.06. The van der Waals surface area contributed by atoms with Gasteiger partial charge in [-0.2, -0.15) is 0 Å². The minimum absolute atomic E-state index is 0.256. The van der Waals surface area contributed by atoms with Crippen LogP contribution in [-0.4, -0.2) is 6.10 Å². The average molecular weight is 388 g/mol. The smallest absolute Gasteiger partial charge is 0.0824 e. The number of hydrogen-bond acceptors (Lipinski definition) is 2. The summed E-state index contributed by atoms with van der Waals surface area (Å²) < 4.78 is 0. The van der Waals surface area contributed by atoms with Crippen molar-refractivity contribution in [3.05, 3.63) is 11.6 Å². The van der Waals surface area contributed by atoms with Crippen LogP contribution in [0.3, 0.4) is 0 Å². The molecule has 0 aromatic heterocycles. The summed E-state index contributed by atoms with van der Waals surface area (Å²) in [4.78, 5) is 5.24. The summed E-state index contributed by atoms with van der Waals surface area (Å²) in [5.74, 6) is 10.2. The second-order valence-electron chi connectivity index (χ2n) is 11.8. The molecular formula is C26H45NO. The zero-order chi connectivity index (χ0) is 19.9. The fraction of sp³-hybridized carbons (Fsp3) is 0.923. The lowest BCUT2D eigenvalue weighted by molar-refractivity contribution is -0.0591. The molecule has 2 nitrogen and oxygen atoms in total. The lowest BCUT2D eigenvalue weighted by atomic mass is 9.47. The molecule has 4 aliphatic rings. The minimum atomic E-state index is 0.256. The van der Waals surface area contributed by atoms with Crippen LogP contribution in [0.1, 0.15) is 105 Å². The summed E-state index contributed by atoms with van der Waals surface area (Å²) >= 11 is 0. The Morgan fingerprint density at radius 3 is 2.64 bits per heavy atom. The molecule has 0 aromatic rings. The molecule has 0 spiro atoms. The lowest BCUT2D eigenvalue weighted by Gasteiger charge is -2.58. The van der Waals surface area contributed by atoms with Crippen molar-refractivity contribution in [3.63, 3.8) is 0 Å². The zero-order valence-electron chi connectivity index (χ0n) is 19.0. The van der Waals surface area contributed by atoms with Crippen molar-refractivity contribution in [2.24, 2.45) is 46.3 Å². The normalized spacial score (nSPS) is 45.4. The molecule has 0 aromatic carbocycles. The molecule has 28 heavy (non-hydrogen) atoms. The average Bonchev–Trinajstić information content (AvgIpc) is 3.01. The first-order valence-corrected chi connectivity index (χ1v) is 12.4. The van der Waals surface area contributed by atoms with E-state index in [0.717, 1.165) is 42.4 Å². The van der Waals surface area contributed by atoms with Gasteiger partial charge in [0.15, 0.2) is 0 Å². The molecule has 0 radical (unpaired) electrons. The van der Waals surface area contributed by atoms with Gasteiger partial charge in [0, 0.05) is 0 Å². The Morgan fingerprint density at radius 1 is 1.07 bits per heavy atom. The van der Waals surface area contributed by atoms with Gasteiger partial charge < -0.3 is 4.84 Å². The largest absolute Gasteiger partial charge is 0.301 e. The third kappa shape index (κ3) is 3.51. The molecule has 2 N–H and O–H groups in total. The first kappa shape index (κ1) is 20.9. The predicted molar refractivity (Wildman–Crippen MR) is 118 cm³/mol. The van der Waals surface area contributed by atoms with Crippen molar-refractivity contribution in [1.29, 1.82) is 0 Å². The maximum absolute atomic E-state index is 5.54. The summed E-state index contributed by atoms with van der Waals surface area (Å²) in [5, 5.41) is 0. The molecule has 3 saturated carbocycles. The van der Waals surface area contributed by atoms with Gasteiger partial charge in [0.2, 0.25) is 0 Å². The highest BCUT2D eigenvalue weighted by Gasteiger charge is 2.58. The molecular weight excluding hydrogens is 342 g/mol. The number of rotatable bonds is 6. The molecule has 4 rings (SSSR count). The highest BCUT2D eigenvalue weighted by atomic mass is 16.6. The number of nitrogens with two attached hydrogens (primary N) is 1. The zero-order valence-corrected chi connectivity index (χ0v) is 19.0. The molecule has 2 heteroatoms. The van der Waals surface area contributed by atoms with Crippen LogP contribution in [0.15, 0.2) is 11.6 Å². The van der Waals surface area contributed by atoms with Crippen molar-refractivity contribution in [2.45, 2.75) is 111 Å². The Bertz CT molecular complexity index is 583. The van der Waals surface area contributed by atoms with E-state index in [4.69, 9.17) is 10.7 Å². The van der Waals surface area contributed by atoms with Crippen molar-refractivity contribution in [2.75, 3.05) is 0 Å². The molecule has 0 amide bonds. The maximum atomic E-state index is 5.54. The Hall–Kier alpha value is -0.340. The topological polar surface area (TPSA) is 35.2 Å². The fourth-order valence-electron chi connectivity index (χ4n) is 8.27. The second-order valence-corrected chi connectivity index (χ2v) is 11.8. The monoisotopic (exact) mass is 387 g/mol. The Morgan fingerprint density at radius 2 is 1.89 bits per heavy atom. The van der Waals surface area contributed by atoms with Crippen LogP contribution in [0.2, 0.25) is 0 Å². The highest BCUT2D eigenvalue weighted by Crippen LogP contribution is 2.66. The van der Waals surface area contributed by atoms with E-state index in [1.165, 1.54) is 64.2 Å². The molecule has 0 aliphatic heterocycles. The number of unbranched alkanes of at least 4 members (excludes halogenated alkanes) is 1. The van der Waals surface area contributed by atoms with E-state index in [2.05, 4.69) is 33.8 Å². The van der Waals surface area contributed by atoms with Crippen LogP contribution >= 0.6 is 0 Å². The summed E-state index contributed by atoms with van der Waals surface area (Å²) in [7, 11) is 0. The third-order valence-corrected chi connectivity index (χ3v) is 10.0. The highest BCUT2D eigenvalue weighted by molar-refractivity contribution is 5.25. The standard InChI is InChI=1S/C26H45NO/c1-18(2)7-5-6-8-19-10-12-23-22-11-9-20-17-21(28-27)13-15-26(20,4)24(22)14-16-25(19,23)3/h9,18-19,21-24H,5-8,10-17,27H2,1-4H3. The van der Waals surface area contributed by atoms with Crippen LogP contribution in [0, 0.1) is 40.4 Å². The first-order valence-electron chi connectivity index (χ1n) is 12.4. The van der Waals surface area contributed by atoms with Crippen molar-refractivity contribution in [1.82, 2.24) is 0 Å². The van der Waals surface area contributed by atoms with Crippen molar-refractivity contribution >= 4 is 0 Å². The molecule has 7 atom stereocenters. The molecule has 0 heterocycles. The van der Waals surface area contributed by atoms with Crippen LogP contribution in [-0.2, 0) is 4.84 Å². The van der Waals surface area contributed by atoms with E-state index in [9.17, 15) is 0 Å². The molecule has 0 bridgehead atoms. The number of hydrogen-bond donors (Lipinski definition) is 1. The quantitative estimate of drug-likeness (QED) is 0.301. The van der Waals surface area contributed by atoms with Crippen LogP contribution in [0.25, 0.3) is 0 Å². The third-order valence-electron chi connectivity index (χ3n) is 10.0. The maximum Gasteiger partial charge on any atom is 0.0824 e. The molecule has 3 fully saturated rings. The van der Waals surface area contributed by atoms with Gasteiger partial charge in [-0.15, -0.1) is 0 Å². The van der Waals surface area contributed by atoms with E-state index in [1.54, 1.807) is 5.57 Å². The van der Waals surface area contributed by atoms with Crippen LogP contribution in [0.4, 0.5) is 0 Å². The van der Waals surface area contributed by atoms with Crippen molar-refractivity contribution < 1.29 is 4.84 Å². The van der Waals surface area contributed by atoms with E-state index < -0.39 is 0 Å². The van der Waals surface area contributed by atoms with Crippen LogP contribution in [0.5, 0.6) is 0 Å². The van der Waals surface area contributed by atoms with E-state index >= 15 is 0 Å². The van der Waals surface area contributed by atoms with Gasteiger partial charge >= 0.3 is 0 Å². The van der Waals surface area contributed by atoms with Gasteiger partial charge in [-0.05, 0) is 98.2 Å². The SMILES string of the molecule is CC(C)CCCCC1CCC2C3CC=C4CC(ON)CCC4(C)C3CCC12C. The van der Waals surface area contributed by atoms with E-state index in [-0.39, 0.29) is 6.10 Å². The van der Waals surface area contributed by atoms with E-state index in [1.807, 2.05) is 0 Å². The summed E-state index contributed by atoms with van der Waals surface area (Å²) in [6.07, 6.45) is 19.5. The number of allylic oxidation sites excluding steroid dienone is 1. The predicted octanol–water partition coefficient (Wildman–Crippen LogP) is 7.04.